The molecule has 0 spiro atoms. The number of carbonyl (C=O) groups is 1. The standard InChI is InChI=1S/C16H13ClF2O2/c1-9-6-7-13(15(19)14(9)18)16(20)10(2)21-12-5-3-4-11(17)8-12/h3-8,10H,1-2H3. The van der Waals surface area contributed by atoms with Gasteiger partial charge in [-0.05, 0) is 43.7 Å². The molecule has 0 aliphatic rings. The molecule has 0 amide bonds. The Hall–Kier alpha value is -1.94. The van der Waals surface area contributed by atoms with Gasteiger partial charge in [0.25, 0.3) is 0 Å². The molecule has 2 aromatic rings. The van der Waals surface area contributed by atoms with Crippen LogP contribution in [0.15, 0.2) is 36.4 Å². The first-order valence-corrected chi connectivity index (χ1v) is 6.69. The van der Waals surface area contributed by atoms with Crippen molar-refractivity contribution >= 4 is 17.4 Å². The summed E-state index contributed by atoms with van der Waals surface area (Å²) in [6.45, 7) is 2.90. The highest BCUT2D eigenvalue weighted by molar-refractivity contribution is 6.30. The largest absolute Gasteiger partial charge is 0.483 e. The summed E-state index contributed by atoms with van der Waals surface area (Å²) in [7, 11) is 0. The summed E-state index contributed by atoms with van der Waals surface area (Å²) >= 11 is 5.81. The lowest BCUT2D eigenvalue weighted by Gasteiger charge is -2.14. The second kappa shape index (κ2) is 6.22. The molecule has 0 aliphatic carbocycles. The average molecular weight is 311 g/mol. The van der Waals surface area contributed by atoms with Crippen molar-refractivity contribution in [3.63, 3.8) is 0 Å². The Bertz CT molecular complexity index is 686. The second-order valence-corrected chi connectivity index (χ2v) is 5.08. The van der Waals surface area contributed by atoms with Crippen LogP contribution in [0.5, 0.6) is 5.75 Å². The Labute approximate surface area is 126 Å². The molecule has 1 unspecified atom stereocenters. The predicted octanol–water partition coefficient (Wildman–Crippen LogP) is 4.58. The molecule has 1 atom stereocenters. The van der Waals surface area contributed by atoms with Crippen molar-refractivity contribution in [1.29, 1.82) is 0 Å². The van der Waals surface area contributed by atoms with Crippen LogP contribution < -0.4 is 4.74 Å². The smallest absolute Gasteiger partial charge is 0.206 e. The van der Waals surface area contributed by atoms with Gasteiger partial charge in [-0.15, -0.1) is 0 Å². The molecule has 0 aliphatic heterocycles. The van der Waals surface area contributed by atoms with Crippen LogP contribution in [0.4, 0.5) is 8.78 Å². The minimum absolute atomic E-state index is 0.146. The Kier molecular flexibility index (Phi) is 4.58. The van der Waals surface area contributed by atoms with E-state index in [9.17, 15) is 13.6 Å². The molecular weight excluding hydrogens is 298 g/mol. The van der Waals surface area contributed by atoms with Gasteiger partial charge in [0.1, 0.15) is 5.75 Å². The van der Waals surface area contributed by atoms with Crippen LogP contribution in [0.25, 0.3) is 0 Å². The number of hydrogen-bond donors (Lipinski definition) is 0. The normalized spacial score (nSPS) is 12.0. The number of halogens is 3. The van der Waals surface area contributed by atoms with Gasteiger partial charge in [-0.3, -0.25) is 4.79 Å². The molecule has 21 heavy (non-hydrogen) atoms. The van der Waals surface area contributed by atoms with Crippen LogP contribution in [0.3, 0.4) is 0 Å². The van der Waals surface area contributed by atoms with Crippen LogP contribution >= 0.6 is 11.6 Å². The highest BCUT2D eigenvalue weighted by atomic mass is 35.5. The lowest BCUT2D eigenvalue weighted by Crippen LogP contribution is -2.25. The number of ether oxygens (including phenoxy) is 1. The van der Waals surface area contributed by atoms with E-state index in [-0.39, 0.29) is 11.1 Å². The van der Waals surface area contributed by atoms with Crippen molar-refractivity contribution in [2.45, 2.75) is 20.0 Å². The van der Waals surface area contributed by atoms with E-state index >= 15 is 0 Å². The van der Waals surface area contributed by atoms with Crippen LogP contribution in [0.2, 0.25) is 5.02 Å². The van der Waals surface area contributed by atoms with E-state index in [1.165, 1.54) is 32.0 Å². The quantitative estimate of drug-likeness (QED) is 0.773. The van der Waals surface area contributed by atoms with Crippen molar-refractivity contribution in [2.24, 2.45) is 0 Å². The predicted molar refractivity (Wildman–Crippen MR) is 77.0 cm³/mol. The van der Waals surface area contributed by atoms with Crippen molar-refractivity contribution in [3.8, 4) is 5.75 Å². The van der Waals surface area contributed by atoms with Gasteiger partial charge in [0.15, 0.2) is 17.7 Å². The summed E-state index contributed by atoms with van der Waals surface area (Å²) in [4.78, 5) is 12.2. The number of Topliss-reactive ketones (excluding diaryl/α,β-unsaturated/α-hetero) is 1. The Morgan fingerprint density at radius 1 is 1.19 bits per heavy atom. The highest BCUT2D eigenvalue weighted by Gasteiger charge is 2.23. The zero-order valence-corrected chi connectivity index (χ0v) is 12.2. The Morgan fingerprint density at radius 2 is 1.90 bits per heavy atom. The summed E-state index contributed by atoms with van der Waals surface area (Å²) in [5.74, 6) is -2.42. The summed E-state index contributed by atoms with van der Waals surface area (Å²) in [5.41, 5.74) is -0.180. The number of benzene rings is 2. The van der Waals surface area contributed by atoms with Crippen molar-refractivity contribution in [3.05, 3.63) is 64.2 Å². The molecule has 0 heterocycles. The monoisotopic (exact) mass is 310 g/mol. The molecule has 0 saturated heterocycles. The van der Waals surface area contributed by atoms with Gasteiger partial charge < -0.3 is 4.74 Å². The van der Waals surface area contributed by atoms with Crippen LogP contribution in [-0.2, 0) is 0 Å². The number of carbonyl (C=O) groups excluding carboxylic acids is 1. The molecule has 0 aromatic heterocycles. The fourth-order valence-corrected chi connectivity index (χ4v) is 2.03. The first-order valence-electron chi connectivity index (χ1n) is 6.31. The average Bonchev–Trinajstić information content (AvgIpc) is 2.44. The second-order valence-electron chi connectivity index (χ2n) is 4.64. The van der Waals surface area contributed by atoms with Gasteiger partial charge >= 0.3 is 0 Å². The molecule has 0 bridgehead atoms. The Morgan fingerprint density at radius 3 is 2.57 bits per heavy atom. The van der Waals surface area contributed by atoms with Gasteiger partial charge in [0, 0.05) is 5.02 Å². The van der Waals surface area contributed by atoms with Crippen LogP contribution in [0.1, 0.15) is 22.8 Å². The van der Waals surface area contributed by atoms with Crippen molar-refractivity contribution in [1.82, 2.24) is 0 Å². The molecule has 5 heteroatoms. The molecule has 2 rings (SSSR count). The number of aryl methyl sites for hydroxylation is 1. The van der Waals surface area contributed by atoms with Gasteiger partial charge in [-0.25, -0.2) is 8.78 Å². The lowest BCUT2D eigenvalue weighted by molar-refractivity contribution is 0.0812. The van der Waals surface area contributed by atoms with Gasteiger partial charge in [0.2, 0.25) is 5.78 Å². The maximum atomic E-state index is 13.8. The fourth-order valence-electron chi connectivity index (χ4n) is 1.85. The minimum Gasteiger partial charge on any atom is -0.483 e. The molecule has 2 aromatic carbocycles. The number of rotatable bonds is 4. The van der Waals surface area contributed by atoms with E-state index in [4.69, 9.17) is 16.3 Å². The Balaban J connectivity index is 2.22. The summed E-state index contributed by atoms with van der Waals surface area (Å²) in [6, 6.07) is 9.11. The lowest BCUT2D eigenvalue weighted by atomic mass is 10.0. The van der Waals surface area contributed by atoms with Gasteiger partial charge in [-0.2, -0.15) is 0 Å². The molecule has 0 saturated carbocycles. The first kappa shape index (κ1) is 15.4. The molecule has 110 valence electrons. The minimum atomic E-state index is -1.15. The third kappa shape index (κ3) is 3.39. The summed E-state index contributed by atoms with van der Waals surface area (Å²) in [6.07, 6.45) is -0.958. The third-order valence-electron chi connectivity index (χ3n) is 3.02. The fraction of sp³-hybridized carbons (Fsp3) is 0.188. The highest BCUT2D eigenvalue weighted by Crippen LogP contribution is 2.21. The van der Waals surface area contributed by atoms with Gasteiger partial charge in [0.05, 0.1) is 5.56 Å². The molecule has 2 nitrogen and oxygen atoms in total. The SMILES string of the molecule is Cc1ccc(C(=O)C(C)Oc2cccc(Cl)c2)c(F)c1F. The van der Waals surface area contributed by atoms with E-state index in [0.29, 0.717) is 10.8 Å². The summed E-state index contributed by atoms with van der Waals surface area (Å²) < 4.78 is 32.7. The molecule has 0 fully saturated rings. The van der Waals surface area contributed by atoms with Crippen LogP contribution in [0, 0.1) is 18.6 Å². The van der Waals surface area contributed by atoms with Crippen molar-refractivity contribution < 1.29 is 18.3 Å². The van der Waals surface area contributed by atoms with E-state index in [0.717, 1.165) is 0 Å². The number of ketones is 1. The maximum Gasteiger partial charge on any atom is 0.206 e. The molecular formula is C16H13ClF2O2. The topological polar surface area (TPSA) is 26.3 Å². The molecule has 0 radical (unpaired) electrons. The first-order chi connectivity index (χ1) is 9.90. The van der Waals surface area contributed by atoms with E-state index in [1.54, 1.807) is 18.2 Å². The zero-order chi connectivity index (χ0) is 15.6. The van der Waals surface area contributed by atoms with Crippen molar-refractivity contribution in [2.75, 3.05) is 0 Å². The van der Waals surface area contributed by atoms with E-state index < -0.39 is 23.5 Å². The van der Waals surface area contributed by atoms with Crippen LogP contribution in [-0.4, -0.2) is 11.9 Å². The van der Waals surface area contributed by atoms with E-state index in [2.05, 4.69) is 0 Å². The number of hydrogen-bond acceptors (Lipinski definition) is 2. The molecule has 0 N–H and O–H groups in total. The maximum absolute atomic E-state index is 13.8. The zero-order valence-electron chi connectivity index (χ0n) is 11.5. The third-order valence-corrected chi connectivity index (χ3v) is 3.25. The van der Waals surface area contributed by atoms with Gasteiger partial charge in [-0.1, -0.05) is 23.7 Å². The van der Waals surface area contributed by atoms with E-state index in [1.807, 2.05) is 0 Å². The summed E-state index contributed by atoms with van der Waals surface area (Å²) in [5, 5.41) is 0.458.